The van der Waals surface area contributed by atoms with Crippen molar-refractivity contribution in [2.45, 2.75) is 45.0 Å². The van der Waals surface area contributed by atoms with E-state index < -0.39 is 18.3 Å². The Kier molecular flexibility index (Phi) is 4.10. The summed E-state index contributed by atoms with van der Waals surface area (Å²) < 4.78 is 44.1. The fourth-order valence-corrected chi connectivity index (χ4v) is 2.80. The van der Waals surface area contributed by atoms with E-state index in [4.69, 9.17) is 4.74 Å². The van der Waals surface area contributed by atoms with Gasteiger partial charge in [-0.3, -0.25) is 4.90 Å². The van der Waals surface area contributed by atoms with Gasteiger partial charge in [-0.15, -0.1) is 0 Å². The second-order valence-corrected chi connectivity index (χ2v) is 5.98. The van der Waals surface area contributed by atoms with Gasteiger partial charge in [-0.1, -0.05) is 13.0 Å². The van der Waals surface area contributed by atoms with Gasteiger partial charge in [0.1, 0.15) is 17.1 Å². The highest BCUT2D eigenvalue weighted by molar-refractivity contribution is 5.44. The Morgan fingerprint density at radius 2 is 2.05 bits per heavy atom. The summed E-state index contributed by atoms with van der Waals surface area (Å²) in [5.74, 6) is 0.501. The van der Waals surface area contributed by atoms with Crippen LogP contribution in [0.15, 0.2) is 18.2 Å². The molecule has 1 N–H and O–H groups in total. The van der Waals surface area contributed by atoms with Crippen LogP contribution in [0.3, 0.4) is 0 Å². The van der Waals surface area contributed by atoms with Gasteiger partial charge in [-0.2, -0.15) is 13.2 Å². The number of phenolic OH excluding ortho intramolecular Hbond substituents is 1. The van der Waals surface area contributed by atoms with Crippen molar-refractivity contribution >= 4 is 0 Å². The highest BCUT2D eigenvalue weighted by Crippen LogP contribution is 2.44. The van der Waals surface area contributed by atoms with Crippen LogP contribution in [0.1, 0.15) is 38.8 Å². The van der Waals surface area contributed by atoms with Crippen LogP contribution < -0.4 is 4.74 Å². The van der Waals surface area contributed by atoms with Gasteiger partial charge in [0, 0.05) is 24.1 Å². The summed E-state index contributed by atoms with van der Waals surface area (Å²) >= 11 is 0. The largest absolute Gasteiger partial charge is 0.508 e. The number of phenols is 1. The summed E-state index contributed by atoms with van der Waals surface area (Å²) in [5, 5.41) is 9.55. The van der Waals surface area contributed by atoms with Gasteiger partial charge in [-0.05, 0) is 26.5 Å². The number of rotatable bonds is 3. The normalized spacial score (nSPS) is 21.0. The van der Waals surface area contributed by atoms with Crippen molar-refractivity contribution in [2.75, 3.05) is 13.1 Å². The van der Waals surface area contributed by atoms with Gasteiger partial charge < -0.3 is 9.84 Å². The van der Waals surface area contributed by atoms with Gasteiger partial charge in [-0.25, -0.2) is 0 Å². The second kappa shape index (κ2) is 5.40. The zero-order valence-electron chi connectivity index (χ0n) is 12.4. The van der Waals surface area contributed by atoms with E-state index in [2.05, 4.69) is 0 Å². The molecule has 0 saturated carbocycles. The van der Waals surface area contributed by atoms with Gasteiger partial charge >= 0.3 is 6.18 Å². The summed E-state index contributed by atoms with van der Waals surface area (Å²) in [5.41, 5.74) is 0.114. The van der Waals surface area contributed by atoms with Crippen molar-refractivity contribution in [2.24, 2.45) is 0 Å². The standard InChI is InChI=1S/C15H20F3NO2/c1-4-19(9-15(16,17)18)12-8-14(2,3)21-13-7-10(20)5-6-11(12)13/h5-7,12,20H,4,8-9H2,1-3H3. The lowest BCUT2D eigenvalue weighted by atomic mass is 9.88. The van der Waals surface area contributed by atoms with E-state index in [1.54, 1.807) is 13.0 Å². The van der Waals surface area contributed by atoms with Crippen molar-refractivity contribution in [1.82, 2.24) is 4.90 Å². The van der Waals surface area contributed by atoms with Gasteiger partial charge in [0.25, 0.3) is 0 Å². The molecule has 1 unspecified atom stereocenters. The molecule has 1 atom stereocenters. The molecule has 0 aromatic heterocycles. The third-order valence-electron chi connectivity index (χ3n) is 3.66. The van der Waals surface area contributed by atoms with Crippen molar-refractivity contribution in [3.63, 3.8) is 0 Å². The number of nitrogens with zero attached hydrogens (tertiary/aromatic N) is 1. The number of aromatic hydroxyl groups is 1. The maximum absolute atomic E-state index is 12.8. The van der Waals surface area contributed by atoms with Crippen LogP contribution in [0.5, 0.6) is 11.5 Å². The number of hydrogen-bond donors (Lipinski definition) is 1. The molecule has 6 heteroatoms. The van der Waals surface area contributed by atoms with E-state index in [1.807, 2.05) is 13.8 Å². The summed E-state index contributed by atoms with van der Waals surface area (Å²) in [4.78, 5) is 1.40. The molecule has 21 heavy (non-hydrogen) atoms. The quantitative estimate of drug-likeness (QED) is 0.920. The van der Waals surface area contributed by atoms with E-state index >= 15 is 0 Å². The number of hydrogen-bond acceptors (Lipinski definition) is 3. The predicted molar refractivity (Wildman–Crippen MR) is 73.5 cm³/mol. The van der Waals surface area contributed by atoms with Crippen LogP contribution in [0.25, 0.3) is 0 Å². The predicted octanol–water partition coefficient (Wildman–Crippen LogP) is 3.88. The van der Waals surface area contributed by atoms with Crippen molar-refractivity contribution in [3.8, 4) is 11.5 Å². The Morgan fingerprint density at radius 1 is 1.38 bits per heavy atom. The molecular weight excluding hydrogens is 283 g/mol. The molecular formula is C15H20F3NO2. The average Bonchev–Trinajstić information content (AvgIpc) is 2.32. The Balaban J connectivity index is 2.38. The summed E-state index contributed by atoms with van der Waals surface area (Å²) in [6.07, 6.45) is -3.77. The maximum atomic E-state index is 12.8. The zero-order chi connectivity index (χ0) is 15.8. The summed E-state index contributed by atoms with van der Waals surface area (Å²) in [6, 6.07) is 4.21. The molecule has 0 fully saturated rings. The molecule has 1 aromatic rings. The highest BCUT2D eigenvalue weighted by atomic mass is 19.4. The lowest BCUT2D eigenvalue weighted by Crippen LogP contribution is -2.44. The van der Waals surface area contributed by atoms with E-state index in [0.29, 0.717) is 24.3 Å². The third kappa shape index (κ3) is 3.81. The highest BCUT2D eigenvalue weighted by Gasteiger charge is 2.40. The van der Waals surface area contributed by atoms with Crippen molar-refractivity contribution in [1.29, 1.82) is 0 Å². The Hall–Kier alpha value is -1.43. The van der Waals surface area contributed by atoms with E-state index in [-0.39, 0.29) is 11.8 Å². The average molecular weight is 303 g/mol. The number of benzene rings is 1. The van der Waals surface area contributed by atoms with Crippen molar-refractivity contribution in [3.05, 3.63) is 23.8 Å². The molecule has 1 heterocycles. The minimum atomic E-state index is -4.24. The molecule has 0 radical (unpaired) electrons. The Labute approximate surface area is 122 Å². The first-order valence-electron chi connectivity index (χ1n) is 6.94. The maximum Gasteiger partial charge on any atom is 0.401 e. The molecule has 0 bridgehead atoms. The molecule has 0 aliphatic carbocycles. The Morgan fingerprint density at radius 3 is 2.62 bits per heavy atom. The van der Waals surface area contributed by atoms with Gasteiger partial charge in [0.2, 0.25) is 0 Å². The van der Waals surface area contributed by atoms with Crippen LogP contribution in [0.2, 0.25) is 0 Å². The lowest BCUT2D eigenvalue weighted by molar-refractivity contribution is -0.154. The first kappa shape index (κ1) is 15.9. The Bertz CT molecular complexity index is 514. The minimum absolute atomic E-state index is 0.0454. The van der Waals surface area contributed by atoms with Crippen molar-refractivity contribution < 1.29 is 23.0 Å². The number of alkyl halides is 3. The molecule has 1 aliphatic rings. The molecule has 118 valence electrons. The van der Waals surface area contributed by atoms with E-state index in [9.17, 15) is 18.3 Å². The molecule has 3 nitrogen and oxygen atoms in total. The summed E-state index contributed by atoms with van der Waals surface area (Å²) in [6.45, 7) is 4.74. The van der Waals surface area contributed by atoms with Crippen LogP contribution in [-0.2, 0) is 0 Å². The fourth-order valence-electron chi connectivity index (χ4n) is 2.80. The topological polar surface area (TPSA) is 32.7 Å². The second-order valence-electron chi connectivity index (χ2n) is 5.98. The first-order valence-corrected chi connectivity index (χ1v) is 6.94. The minimum Gasteiger partial charge on any atom is -0.508 e. The lowest BCUT2D eigenvalue weighted by Gasteiger charge is -2.42. The van der Waals surface area contributed by atoms with Gasteiger partial charge in [0.15, 0.2) is 0 Å². The van der Waals surface area contributed by atoms with Crippen LogP contribution in [0.4, 0.5) is 13.2 Å². The molecule has 2 rings (SSSR count). The zero-order valence-corrected chi connectivity index (χ0v) is 12.4. The summed E-state index contributed by atoms with van der Waals surface area (Å²) in [7, 11) is 0. The van der Waals surface area contributed by atoms with E-state index in [0.717, 1.165) is 0 Å². The molecule has 0 saturated heterocycles. The third-order valence-corrected chi connectivity index (χ3v) is 3.66. The monoisotopic (exact) mass is 303 g/mol. The molecule has 1 aromatic carbocycles. The van der Waals surface area contributed by atoms with Gasteiger partial charge in [0.05, 0.1) is 6.54 Å². The fraction of sp³-hybridized carbons (Fsp3) is 0.600. The number of ether oxygens (including phenoxy) is 1. The number of fused-ring (bicyclic) bond motifs is 1. The first-order chi connectivity index (χ1) is 9.61. The van der Waals surface area contributed by atoms with Crippen LogP contribution in [0, 0.1) is 0 Å². The number of halogens is 3. The molecule has 0 spiro atoms. The molecule has 1 aliphatic heterocycles. The SMILES string of the molecule is CCN(CC(F)(F)F)C1CC(C)(C)Oc2cc(O)ccc21. The van der Waals surface area contributed by atoms with Crippen LogP contribution >= 0.6 is 0 Å². The molecule has 0 amide bonds. The van der Waals surface area contributed by atoms with E-state index in [1.165, 1.54) is 17.0 Å². The smallest absolute Gasteiger partial charge is 0.401 e. The van der Waals surface area contributed by atoms with Crippen LogP contribution in [-0.4, -0.2) is 34.9 Å².